The number of nitrogens with zero attached hydrogens (tertiary/aromatic N) is 4. The molecule has 0 aliphatic rings. The van der Waals surface area contributed by atoms with E-state index >= 15 is 0 Å². The SMILES string of the molecule is COc1ccc(C(=O)/C(=N/C(C)C)n2ncc(C#N)c2N)c(OC)c1. The third-order valence-electron chi connectivity index (χ3n) is 3.36. The van der Waals surface area contributed by atoms with Gasteiger partial charge in [0.15, 0.2) is 5.84 Å². The van der Waals surface area contributed by atoms with Gasteiger partial charge in [-0.25, -0.2) is 0 Å². The van der Waals surface area contributed by atoms with Crippen molar-refractivity contribution in [2.24, 2.45) is 4.99 Å². The molecular formula is C17H19N5O3. The Bertz CT molecular complexity index is 862. The number of Topliss-reactive ketones (excluding diaryl/α,β-unsaturated/α-hetero) is 1. The molecule has 0 aliphatic heterocycles. The number of aromatic nitrogens is 2. The summed E-state index contributed by atoms with van der Waals surface area (Å²) in [7, 11) is 2.98. The number of hydrogen-bond donors (Lipinski definition) is 1. The quantitative estimate of drug-likeness (QED) is 0.504. The highest BCUT2D eigenvalue weighted by atomic mass is 16.5. The molecule has 0 bridgehead atoms. The van der Waals surface area contributed by atoms with Crippen LogP contribution in [0.1, 0.15) is 29.8 Å². The molecule has 8 heteroatoms. The highest BCUT2D eigenvalue weighted by molar-refractivity contribution is 6.46. The van der Waals surface area contributed by atoms with Crippen molar-refractivity contribution >= 4 is 17.4 Å². The number of nitriles is 1. The molecule has 0 saturated heterocycles. The molecule has 25 heavy (non-hydrogen) atoms. The number of rotatable bonds is 5. The summed E-state index contributed by atoms with van der Waals surface area (Å²) in [6, 6.07) is 6.58. The number of hydrogen-bond acceptors (Lipinski definition) is 7. The fraction of sp³-hybridized carbons (Fsp3) is 0.294. The van der Waals surface area contributed by atoms with Gasteiger partial charge in [-0.2, -0.15) is 15.0 Å². The molecule has 8 nitrogen and oxygen atoms in total. The van der Waals surface area contributed by atoms with Crippen LogP contribution in [0.4, 0.5) is 5.82 Å². The maximum Gasteiger partial charge on any atom is 0.233 e. The number of ketones is 1. The van der Waals surface area contributed by atoms with Crippen LogP contribution in [0.25, 0.3) is 0 Å². The Morgan fingerprint density at radius 3 is 2.60 bits per heavy atom. The Morgan fingerprint density at radius 1 is 1.36 bits per heavy atom. The molecule has 1 aromatic carbocycles. The van der Waals surface area contributed by atoms with E-state index in [1.807, 2.05) is 19.9 Å². The summed E-state index contributed by atoms with van der Waals surface area (Å²) in [6.45, 7) is 3.65. The molecule has 0 amide bonds. The lowest BCUT2D eigenvalue weighted by Crippen LogP contribution is -2.27. The molecule has 0 aliphatic carbocycles. The molecule has 0 unspecified atom stereocenters. The topological polar surface area (TPSA) is 116 Å². The third kappa shape index (κ3) is 3.61. The monoisotopic (exact) mass is 341 g/mol. The van der Waals surface area contributed by atoms with Crippen LogP contribution >= 0.6 is 0 Å². The smallest absolute Gasteiger partial charge is 0.233 e. The summed E-state index contributed by atoms with van der Waals surface area (Å²) in [4.78, 5) is 17.4. The number of carbonyl (C=O) groups excluding carboxylic acids is 1. The third-order valence-corrected chi connectivity index (χ3v) is 3.36. The van der Waals surface area contributed by atoms with Crippen LogP contribution in [-0.4, -0.2) is 41.7 Å². The van der Waals surface area contributed by atoms with E-state index in [0.717, 1.165) is 0 Å². The van der Waals surface area contributed by atoms with Gasteiger partial charge in [0.05, 0.1) is 26.0 Å². The highest BCUT2D eigenvalue weighted by Gasteiger charge is 2.24. The largest absolute Gasteiger partial charge is 0.497 e. The number of aliphatic imine (C=N–C) groups is 1. The van der Waals surface area contributed by atoms with Crippen molar-refractivity contribution in [3.63, 3.8) is 0 Å². The van der Waals surface area contributed by atoms with Gasteiger partial charge in [0.25, 0.3) is 0 Å². The first-order chi connectivity index (χ1) is 11.9. The van der Waals surface area contributed by atoms with Gasteiger partial charge in [0, 0.05) is 12.1 Å². The van der Waals surface area contributed by atoms with E-state index in [4.69, 9.17) is 20.5 Å². The summed E-state index contributed by atoms with van der Waals surface area (Å²) in [5.41, 5.74) is 6.38. The Kier molecular flexibility index (Phi) is 5.39. The molecular weight excluding hydrogens is 322 g/mol. The van der Waals surface area contributed by atoms with Crippen molar-refractivity contribution in [3.8, 4) is 17.6 Å². The van der Waals surface area contributed by atoms with Gasteiger partial charge in [-0.3, -0.25) is 9.79 Å². The molecule has 0 saturated carbocycles. The number of nitrogen functional groups attached to an aromatic ring is 1. The second kappa shape index (κ2) is 7.49. The molecule has 0 fully saturated rings. The van der Waals surface area contributed by atoms with E-state index in [0.29, 0.717) is 11.5 Å². The van der Waals surface area contributed by atoms with Crippen molar-refractivity contribution in [1.82, 2.24) is 9.78 Å². The van der Waals surface area contributed by atoms with E-state index in [-0.39, 0.29) is 28.8 Å². The van der Waals surface area contributed by atoms with E-state index in [1.165, 1.54) is 25.1 Å². The first-order valence-corrected chi connectivity index (χ1v) is 7.51. The predicted octanol–water partition coefficient (Wildman–Crippen LogP) is 1.89. The van der Waals surface area contributed by atoms with Crippen LogP contribution in [0.5, 0.6) is 11.5 Å². The van der Waals surface area contributed by atoms with Gasteiger partial charge in [-0.15, -0.1) is 0 Å². The molecule has 1 heterocycles. The van der Waals surface area contributed by atoms with E-state index in [9.17, 15) is 4.79 Å². The van der Waals surface area contributed by atoms with Crippen LogP contribution < -0.4 is 15.2 Å². The molecule has 2 rings (SSSR count). The molecule has 0 spiro atoms. The maximum atomic E-state index is 13.1. The fourth-order valence-electron chi connectivity index (χ4n) is 2.17. The van der Waals surface area contributed by atoms with Crippen LogP contribution in [-0.2, 0) is 0 Å². The van der Waals surface area contributed by atoms with Gasteiger partial charge >= 0.3 is 0 Å². The van der Waals surface area contributed by atoms with Gasteiger partial charge in [0.2, 0.25) is 5.78 Å². The molecule has 0 atom stereocenters. The summed E-state index contributed by atoms with van der Waals surface area (Å²) >= 11 is 0. The lowest BCUT2D eigenvalue weighted by atomic mass is 10.1. The van der Waals surface area contributed by atoms with E-state index < -0.39 is 5.78 Å². The lowest BCUT2D eigenvalue weighted by Gasteiger charge is -2.13. The van der Waals surface area contributed by atoms with Gasteiger partial charge in [-0.05, 0) is 26.0 Å². The number of nitrogens with two attached hydrogens (primary N) is 1. The number of ether oxygens (including phenoxy) is 2. The van der Waals surface area contributed by atoms with Gasteiger partial charge in [0.1, 0.15) is 28.9 Å². The highest BCUT2D eigenvalue weighted by Crippen LogP contribution is 2.26. The average Bonchev–Trinajstić information content (AvgIpc) is 2.98. The average molecular weight is 341 g/mol. The Morgan fingerprint density at radius 2 is 2.08 bits per heavy atom. The van der Waals surface area contributed by atoms with E-state index in [2.05, 4.69) is 10.1 Å². The first-order valence-electron chi connectivity index (χ1n) is 7.51. The Hall–Kier alpha value is -3.34. The minimum absolute atomic E-state index is 0.0115. The summed E-state index contributed by atoms with van der Waals surface area (Å²) < 4.78 is 11.6. The van der Waals surface area contributed by atoms with Crippen LogP contribution in [0, 0.1) is 11.3 Å². The Balaban J connectivity index is 2.58. The molecule has 0 radical (unpaired) electrons. The first kappa shape index (κ1) is 18.0. The van der Waals surface area contributed by atoms with Crippen LogP contribution in [0.15, 0.2) is 29.4 Å². The maximum absolute atomic E-state index is 13.1. The minimum Gasteiger partial charge on any atom is -0.497 e. The molecule has 2 N–H and O–H groups in total. The number of methoxy groups -OCH3 is 2. The lowest BCUT2D eigenvalue weighted by molar-refractivity contribution is 0.105. The summed E-state index contributed by atoms with van der Waals surface area (Å²) in [6.07, 6.45) is 1.30. The molecule has 2 aromatic rings. The van der Waals surface area contributed by atoms with Crippen molar-refractivity contribution in [1.29, 1.82) is 5.26 Å². The zero-order valence-electron chi connectivity index (χ0n) is 14.5. The van der Waals surface area contributed by atoms with E-state index in [1.54, 1.807) is 18.2 Å². The predicted molar refractivity (Wildman–Crippen MR) is 93.2 cm³/mol. The normalized spacial score (nSPS) is 11.3. The van der Waals surface area contributed by atoms with Crippen molar-refractivity contribution in [3.05, 3.63) is 35.5 Å². The van der Waals surface area contributed by atoms with Crippen LogP contribution in [0.3, 0.4) is 0 Å². The van der Waals surface area contributed by atoms with Crippen molar-refractivity contribution in [2.75, 3.05) is 20.0 Å². The van der Waals surface area contributed by atoms with Crippen molar-refractivity contribution in [2.45, 2.75) is 19.9 Å². The summed E-state index contributed by atoms with van der Waals surface area (Å²) in [5, 5.41) is 13.1. The zero-order chi connectivity index (χ0) is 18.6. The second-order valence-corrected chi connectivity index (χ2v) is 5.41. The molecule has 1 aromatic heterocycles. The fourth-order valence-corrected chi connectivity index (χ4v) is 2.17. The minimum atomic E-state index is -0.424. The molecule has 130 valence electrons. The van der Waals surface area contributed by atoms with Crippen molar-refractivity contribution < 1.29 is 14.3 Å². The van der Waals surface area contributed by atoms with Gasteiger partial charge in [-0.1, -0.05) is 0 Å². The van der Waals surface area contributed by atoms with Gasteiger partial charge < -0.3 is 15.2 Å². The Labute approximate surface area is 145 Å². The standard InChI is InChI=1S/C17H19N5O3/c1-10(2)21-17(22-16(19)11(8-18)9-20-22)15(23)13-6-5-12(24-3)7-14(13)25-4/h5-7,9-10H,19H2,1-4H3/b21-17-. The zero-order valence-corrected chi connectivity index (χ0v) is 14.5. The number of benzene rings is 1. The number of anilines is 1. The second-order valence-electron chi connectivity index (χ2n) is 5.41. The number of carbonyl (C=O) groups is 1. The van der Waals surface area contributed by atoms with Crippen LogP contribution in [0.2, 0.25) is 0 Å². The summed E-state index contributed by atoms with van der Waals surface area (Å²) in [5.74, 6) is 0.542.